The van der Waals surface area contributed by atoms with Crippen LogP contribution in [0, 0.1) is 11.3 Å². The second-order valence-corrected chi connectivity index (χ2v) is 3.68. The predicted octanol–water partition coefficient (Wildman–Crippen LogP) is 3.18. The number of benzene rings is 1. The van der Waals surface area contributed by atoms with Gasteiger partial charge in [-0.25, -0.2) is 0 Å². The second-order valence-electron chi connectivity index (χ2n) is 3.68. The highest BCUT2D eigenvalue weighted by Crippen LogP contribution is 2.23. The number of rotatable bonds is 4. The molecule has 0 bridgehead atoms. The van der Waals surface area contributed by atoms with E-state index >= 15 is 0 Å². The van der Waals surface area contributed by atoms with E-state index in [-0.39, 0.29) is 0 Å². The maximum Gasteiger partial charge on any atom is 0.147 e. The molecule has 4 heteroatoms. The van der Waals surface area contributed by atoms with Gasteiger partial charge in [0, 0.05) is 12.6 Å². The standard InChI is InChI=1S/C14H13N3O/c1-2-17-12-7-14(10-16-9-12)18-13-5-3-4-11(6-13)8-15/h3-7,9-10,17H,2H2,1H3. The number of hydrogen-bond donors (Lipinski definition) is 1. The van der Waals surface area contributed by atoms with Gasteiger partial charge in [0.05, 0.1) is 29.7 Å². The summed E-state index contributed by atoms with van der Waals surface area (Å²) in [5.41, 5.74) is 1.48. The molecule has 0 aliphatic carbocycles. The number of nitrogens with one attached hydrogen (secondary N) is 1. The molecule has 0 amide bonds. The SMILES string of the molecule is CCNc1cncc(Oc2cccc(C#N)c2)c1. The Bertz CT molecular complexity index is 575. The first-order valence-electron chi connectivity index (χ1n) is 5.68. The molecule has 0 aliphatic rings. The predicted molar refractivity (Wildman–Crippen MR) is 69.6 cm³/mol. The number of aromatic nitrogens is 1. The van der Waals surface area contributed by atoms with Crippen molar-refractivity contribution < 1.29 is 4.74 Å². The summed E-state index contributed by atoms with van der Waals surface area (Å²) in [5.74, 6) is 1.27. The zero-order chi connectivity index (χ0) is 12.8. The Morgan fingerprint density at radius 2 is 2.17 bits per heavy atom. The van der Waals surface area contributed by atoms with Gasteiger partial charge in [-0.3, -0.25) is 4.98 Å². The van der Waals surface area contributed by atoms with Crippen molar-refractivity contribution in [2.75, 3.05) is 11.9 Å². The molecule has 0 fully saturated rings. The zero-order valence-electron chi connectivity index (χ0n) is 10.1. The van der Waals surface area contributed by atoms with Crippen LogP contribution in [0.1, 0.15) is 12.5 Å². The molecule has 1 aromatic heterocycles. The molecule has 4 nitrogen and oxygen atoms in total. The van der Waals surface area contributed by atoms with E-state index in [1.165, 1.54) is 0 Å². The van der Waals surface area contributed by atoms with Crippen LogP contribution in [-0.4, -0.2) is 11.5 Å². The number of nitriles is 1. The highest BCUT2D eigenvalue weighted by atomic mass is 16.5. The molecule has 0 atom stereocenters. The van der Waals surface area contributed by atoms with Crippen LogP contribution in [0.2, 0.25) is 0 Å². The van der Waals surface area contributed by atoms with E-state index in [0.717, 1.165) is 12.2 Å². The fourth-order valence-electron chi connectivity index (χ4n) is 1.54. The quantitative estimate of drug-likeness (QED) is 0.890. The highest BCUT2D eigenvalue weighted by Gasteiger charge is 2.00. The van der Waals surface area contributed by atoms with Crippen molar-refractivity contribution in [1.29, 1.82) is 5.26 Å². The molecule has 0 saturated carbocycles. The summed E-state index contributed by atoms with van der Waals surface area (Å²) in [7, 11) is 0. The third-order valence-corrected chi connectivity index (χ3v) is 2.29. The van der Waals surface area contributed by atoms with Crippen LogP contribution in [0.3, 0.4) is 0 Å². The summed E-state index contributed by atoms with van der Waals surface area (Å²) in [6.45, 7) is 2.85. The fraction of sp³-hybridized carbons (Fsp3) is 0.143. The summed E-state index contributed by atoms with van der Waals surface area (Å²) in [4.78, 5) is 4.09. The maximum atomic E-state index is 8.81. The Kier molecular flexibility index (Phi) is 3.77. The summed E-state index contributed by atoms with van der Waals surface area (Å²) < 4.78 is 5.65. The van der Waals surface area contributed by atoms with Crippen LogP contribution in [0.25, 0.3) is 0 Å². The van der Waals surface area contributed by atoms with Crippen LogP contribution >= 0.6 is 0 Å². The van der Waals surface area contributed by atoms with Gasteiger partial charge in [0.25, 0.3) is 0 Å². The van der Waals surface area contributed by atoms with Crippen LogP contribution in [-0.2, 0) is 0 Å². The minimum atomic E-state index is 0.572. The van der Waals surface area contributed by atoms with Gasteiger partial charge in [0.15, 0.2) is 0 Å². The highest BCUT2D eigenvalue weighted by molar-refractivity contribution is 5.46. The molecule has 1 N–H and O–H groups in total. The first kappa shape index (κ1) is 11.9. The van der Waals surface area contributed by atoms with Crippen molar-refractivity contribution in [2.24, 2.45) is 0 Å². The Balaban J connectivity index is 2.18. The molecule has 1 heterocycles. The van der Waals surface area contributed by atoms with Crippen LogP contribution in [0.15, 0.2) is 42.7 Å². The smallest absolute Gasteiger partial charge is 0.147 e. The topological polar surface area (TPSA) is 57.9 Å². The molecule has 0 unspecified atom stereocenters. The molecule has 0 spiro atoms. The number of nitrogens with zero attached hydrogens (tertiary/aromatic N) is 2. The Morgan fingerprint density at radius 3 is 2.94 bits per heavy atom. The Morgan fingerprint density at radius 1 is 1.28 bits per heavy atom. The molecule has 90 valence electrons. The molecule has 0 aliphatic heterocycles. The fourth-order valence-corrected chi connectivity index (χ4v) is 1.54. The van der Waals surface area contributed by atoms with Crippen molar-refractivity contribution in [3.05, 3.63) is 48.3 Å². The van der Waals surface area contributed by atoms with E-state index in [1.807, 2.05) is 13.0 Å². The largest absolute Gasteiger partial charge is 0.456 e. The number of ether oxygens (including phenoxy) is 1. The monoisotopic (exact) mass is 239 g/mol. The number of pyridine rings is 1. The average Bonchev–Trinajstić information content (AvgIpc) is 2.40. The molecule has 2 rings (SSSR count). The van der Waals surface area contributed by atoms with Crippen molar-refractivity contribution in [2.45, 2.75) is 6.92 Å². The first-order valence-corrected chi connectivity index (χ1v) is 5.68. The summed E-state index contributed by atoms with van der Waals surface area (Å²) in [6.07, 6.45) is 3.38. The van der Waals surface area contributed by atoms with Gasteiger partial charge in [-0.05, 0) is 25.1 Å². The van der Waals surface area contributed by atoms with Gasteiger partial charge in [-0.2, -0.15) is 5.26 Å². The van der Waals surface area contributed by atoms with Gasteiger partial charge in [0.2, 0.25) is 0 Å². The first-order chi connectivity index (χ1) is 8.81. The van der Waals surface area contributed by atoms with Gasteiger partial charge >= 0.3 is 0 Å². The van der Waals surface area contributed by atoms with E-state index in [4.69, 9.17) is 10.00 Å². The lowest BCUT2D eigenvalue weighted by Gasteiger charge is -2.07. The third-order valence-electron chi connectivity index (χ3n) is 2.29. The minimum Gasteiger partial charge on any atom is -0.456 e. The van der Waals surface area contributed by atoms with Crippen molar-refractivity contribution in [1.82, 2.24) is 4.98 Å². The number of hydrogen-bond acceptors (Lipinski definition) is 4. The van der Waals surface area contributed by atoms with Crippen molar-refractivity contribution >= 4 is 5.69 Å². The van der Waals surface area contributed by atoms with E-state index < -0.39 is 0 Å². The molecule has 2 aromatic rings. The second kappa shape index (κ2) is 5.69. The molecule has 0 saturated heterocycles. The minimum absolute atomic E-state index is 0.572. The van der Waals surface area contributed by atoms with E-state index in [9.17, 15) is 0 Å². The molecule has 0 radical (unpaired) electrons. The van der Waals surface area contributed by atoms with Crippen LogP contribution in [0.5, 0.6) is 11.5 Å². The van der Waals surface area contributed by atoms with Crippen molar-refractivity contribution in [3.8, 4) is 17.6 Å². The van der Waals surface area contributed by atoms with Gasteiger partial charge in [-0.15, -0.1) is 0 Å². The zero-order valence-corrected chi connectivity index (χ0v) is 10.1. The van der Waals surface area contributed by atoms with Gasteiger partial charge < -0.3 is 10.1 Å². The van der Waals surface area contributed by atoms with Gasteiger partial charge in [0.1, 0.15) is 11.5 Å². The Hall–Kier alpha value is -2.54. The molecular formula is C14H13N3O. The lowest BCUT2D eigenvalue weighted by atomic mass is 10.2. The molecule has 18 heavy (non-hydrogen) atoms. The number of anilines is 1. The van der Waals surface area contributed by atoms with Gasteiger partial charge in [-0.1, -0.05) is 6.07 Å². The van der Waals surface area contributed by atoms with Crippen LogP contribution < -0.4 is 10.1 Å². The van der Waals surface area contributed by atoms with E-state index in [0.29, 0.717) is 17.1 Å². The Labute approximate surface area is 106 Å². The average molecular weight is 239 g/mol. The summed E-state index contributed by atoms with van der Waals surface area (Å²) in [6, 6.07) is 11.0. The lowest BCUT2D eigenvalue weighted by molar-refractivity contribution is 0.480. The van der Waals surface area contributed by atoms with E-state index in [2.05, 4.69) is 16.4 Å². The molecule has 1 aromatic carbocycles. The third kappa shape index (κ3) is 2.98. The lowest BCUT2D eigenvalue weighted by Crippen LogP contribution is -1.97. The summed E-state index contributed by atoms with van der Waals surface area (Å²) in [5, 5.41) is 12.0. The van der Waals surface area contributed by atoms with Crippen molar-refractivity contribution in [3.63, 3.8) is 0 Å². The summed E-state index contributed by atoms with van der Waals surface area (Å²) >= 11 is 0. The maximum absolute atomic E-state index is 8.81. The van der Waals surface area contributed by atoms with Crippen LogP contribution in [0.4, 0.5) is 5.69 Å². The van der Waals surface area contributed by atoms with E-state index in [1.54, 1.807) is 36.7 Å². The molecular weight excluding hydrogens is 226 g/mol. The normalized spacial score (nSPS) is 9.56.